The Hall–Kier alpha value is -1.85. The number of hydrogen-bond acceptors (Lipinski definition) is 4. The number of thiophene rings is 1. The van der Waals surface area contributed by atoms with Crippen molar-refractivity contribution in [2.45, 2.75) is 31.8 Å². The molecule has 0 aliphatic heterocycles. The number of carbonyl (C=O) groups excluding carboxylic acids is 1. The first kappa shape index (κ1) is 17.0. The summed E-state index contributed by atoms with van der Waals surface area (Å²) < 4.78 is 5.41. The Morgan fingerprint density at radius 3 is 2.71 bits per heavy atom. The van der Waals surface area contributed by atoms with Gasteiger partial charge in [0.2, 0.25) is 0 Å². The van der Waals surface area contributed by atoms with E-state index in [0.29, 0.717) is 29.3 Å². The van der Waals surface area contributed by atoms with Crippen molar-refractivity contribution in [2.75, 3.05) is 20.7 Å². The number of nitrogens with zero attached hydrogens (tertiary/aromatic N) is 1. The van der Waals surface area contributed by atoms with Gasteiger partial charge in [-0.3, -0.25) is 9.69 Å². The lowest BCUT2D eigenvalue weighted by Crippen LogP contribution is -2.41. The molecule has 0 bridgehead atoms. The number of benzene rings is 1. The SMILES string of the molecule is COc1cc(-c2ccccc2)sc1C(=O)NCC(C)N(C)C1CC1. The van der Waals surface area contributed by atoms with Crippen LogP contribution in [0.5, 0.6) is 5.75 Å². The highest BCUT2D eigenvalue weighted by Gasteiger charge is 2.29. The summed E-state index contributed by atoms with van der Waals surface area (Å²) in [7, 11) is 3.74. The first-order chi connectivity index (χ1) is 11.6. The van der Waals surface area contributed by atoms with Crippen molar-refractivity contribution in [3.8, 4) is 16.2 Å². The zero-order valence-electron chi connectivity index (χ0n) is 14.4. The van der Waals surface area contributed by atoms with Crippen LogP contribution < -0.4 is 10.1 Å². The van der Waals surface area contributed by atoms with Crippen LogP contribution in [0.4, 0.5) is 0 Å². The van der Waals surface area contributed by atoms with Gasteiger partial charge in [-0.15, -0.1) is 11.3 Å². The quantitative estimate of drug-likeness (QED) is 0.834. The molecular weight excluding hydrogens is 320 g/mol. The van der Waals surface area contributed by atoms with Gasteiger partial charge in [-0.1, -0.05) is 30.3 Å². The molecule has 1 saturated carbocycles. The average Bonchev–Trinajstić information content (AvgIpc) is 3.37. The van der Waals surface area contributed by atoms with Gasteiger partial charge >= 0.3 is 0 Å². The standard InChI is InChI=1S/C19H24N2O2S/c1-13(21(2)15-9-10-15)12-20-19(22)18-16(23-3)11-17(24-18)14-7-5-4-6-8-14/h4-8,11,13,15H,9-10,12H2,1-3H3,(H,20,22). The van der Waals surface area contributed by atoms with Crippen LogP contribution in [0.3, 0.4) is 0 Å². The Labute approximate surface area is 147 Å². The van der Waals surface area contributed by atoms with Crippen LogP contribution in [-0.2, 0) is 0 Å². The number of ether oxygens (including phenoxy) is 1. The predicted molar refractivity (Wildman–Crippen MR) is 98.9 cm³/mol. The molecule has 1 N–H and O–H groups in total. The summed E-state index contributed by atoms with van der Waals surface area (Å²) in [6, 6.07) is 13.0. The van der Waals surface area contributed by atoms with E-state index in [4.69, 9.17) is 4.74 Å². The lowest BCUT2D eigenvalue weighted by molar-refractivity contribution is 0.0941. The van der Waals surface area contributed by atoms with Crippen molar-refractivity contribution >= 4 is 17.2 Å². The molecule has 0 saturated heterocycles. The maximum atomic E-state index is 12.6. The van der Waals surface area contributed by atoms with Gasteiger partial charge in [-0.05, 0) is 38.4 Å². The fraction of sp³-hybridized carbons (Fsp3) is 0.421. The molecule has 0 radical (unpaired) electrons. The molecular formula is C19H24N2O2S. The molecule has 1 unspecified atom stereocenters. The number of amides is 1. The Morgan fingerprint density at radius 2 is 2.08 bits per heavy atom. The van der Waals surface area contributed by atoms with Crippen molar-refractivity contribution in [3.05, 3.63) is 41.3 Å². The molecule has 3 rings (SSSR count). The Morgan fingerprint density at radius 1 is 1.38 bits per heavy atom. The summed E-state index contributed by atoms with van der Waals surface area (Å²) in [5, 5.41) is 3.05. The predicted octanol–water partition coefficient (Wildman–Crippen LogP) is 3.64. The second-order valence-corrected chi connectivity index (χ2v) is 7.38. The van der Waals surface area contributed by atoms with Gasteiger partial charge in [0.15, 0.2) is 0 Å². The third-order valence-electron chi connectivity index (χ3n) is 4.56. The zero-order chi connectivity index (χ0) is 17.1. The van der Waals surface area contributed by atoms with E-state index in [9.17, 15) is 4.79 Å². The number of hydrogen-bond donors (Lipinski definition) is 1. The molecule has 0 spiro atoms. The zero-order valence-corrected chi connectivity index (χ0v) is 15.2. The molecule has 1 amide bonds. The lowest BCUT2D eigenvalue weighted by atomic mass is 10.2. The van der Waals surface area contributed by atoms with Crippen LogP contribution in [0.1, 0.15) is 29.4 Å². The van der Waals surface area contributed by atoms with Crippen molar-refractivity contribution in [1.29, 1.82) is 0 Å². The third kappa shape index (κ3) is 3.79. The van der Waals surface area contributed by atoms with Crippen LogP contribution in [0.25, 0.3) is 10.4 Å². The molecule has 4 nitrogen and oxygen atoms in total. The minimum Gasteiger partial charge on any atom is -0.495 e. The summed E-state index contributed by atoms with van der Waals surface area (Å²) in [4.78, 5) is 16.6. The van der Waals surface area contributed by atoms with E-state index >= 15 is 0 Å². The fourth-order valence-electron chi connectivity index (χ4n) is 2.74. The Kier molecular flexibility index (Phi) is 5.21. The second-order valence-electron chi connectivity index (χ2n) is 6.33. The maximum absolute atomic E-state index is 12.6. The molecule has 24 heavy (non-hydrogen) atoms. The van der Waals surface area contributed by atoms with Crippen molar-refractivity contribution < 1.29 is 9.53 Å². The van der Waals surface area contributed by atoms with E-state index in [2.05, 4.69) is 24.2 Å². The largest absolute Gasteiger partial charge is 0.495 e. The first-order valence-corrected chi connectivity index (χ1v) is 9.15. The first-order valence-electron chi connectivity index (χ1n) is 8.33. The van der Waals surface area contributed by atoms with Gasteiger partial charge in [0.1, 0.15) is 10.6 Å². The van der Waals surface area contributed by atoms with Gasteiger partial charge in [-0.25, -0.2) is 0 Å². The molecule has 5 heteroatoms. The van der Waals surface area contributed by atoms with E-state index in [1.165, 1.54) is 24.2 Å². The van der Waals surface area contributed by atoms with E-state index in [-0.39, 0.29) is 5.91 Å². The minimum absolute atomic E-state index is 0.0601. The van der Waals surface area contributed by atoms with Crippen LogP contribution >= 0.6 is 11.3 Å². The number of carbonyl (C=O) groups is 1. The third-order valence-corrected chi connectivity index (χ3v) is 5.72. The minimum atomic E-state index is -0.0601. The monoisotopic (exact) mass is 344 g/mol. The smallest absolute Gasteiger partial charge is 0.265 e. The van der Waals surface area contributed by atoms with Gasteiger partial charge in [0.05, 0.1) is 7.11 Å². The molecule has 1 atom stereocenters. The van der Waals surface area contributed by atoms with Crippen molar-refractivity contribution in [2.24, 2.45) is 0 Å². The lowest BCUT2D eigenvalue weighted by Gasteiger charge is -2.24. The molecule has 1 aromatic heterocycles. The number of rotatable bonds is 7. The highest BCUT2D eigenvalue weighted by Crippen LogP contribution is 2.36. The van der Waals surface area contributed by atoms with Gasteiger partial charge in [0.25, 0.3) is 5.91 Å². The number of nitrogens with one attached hydrogen (secondary N) is 1. The summed E-state index contributed by atoms with van der Waals surface area (Å²) >= 11 is 1.47. The molecule has 1 aliphatic rings. The number of likely N-dealkylation sites (N-methyl/N-ethyl adjacent to an activating group) is 1. The maximum Gasteiger partial charge on any atom is 0.265 e. The van der Waals surface area contributed by atoms with Gasteiger partial charge in [0, 0.05) is 23.5 Å². The van der Waals surface area contributed by atoms with Crippen molar-refractivity contribution in [1.82, 2.24) is 10.2 Å². The average molecular weight is 344 g/mol. The molecule has 1 aliphatic carbocycles. The van der Waals surface area contributed by atoms with Crippen LogP contribution in [0.15, 0.2) is 36.4 Å². The van der Waals surface area contributed by atoms with E-state index in [1.54, 1.807) is 7.11 Å². The Bertz CT molecular complexity index is 695. The molecule has 128 valence electrons. The second kappa shape index (κ2) is 7.36. The highest BCUT2D eigenvalue weighted by molar-refractivity contribution is 7.17. The van der Waals surface area contributed by atoms with Crippen LogP contribution in [0.2, 0.25) is 0 Å². The topological polar surface area (TPSA) is 41.6 Å². The summed E-state index contributed by atoms with van der Waals surface area (Å²) in [6.45, 7) is 2.80. The molecule has 1 heterocycles. The van der Waals surface area contributed by atoms with Gasteiger partial charge in [-0.2, -0.15) is 0 Å². The molecule has 1 fully saturated rings. The normalized spacial score (nSPS) is 15.3. The molecule has 1 aromatic carbocycles. The molecule has 2 aromatic rings. The van der Waals surface area contributed by atoms with E-state index in [1.807, 2.05) is 36.4 Å². The van der Waals surface area contributed by atoms with Crippen LogP contribution in [0, 0.1) is 0 Å². The summed E-state index contributed by atoms with van der Waals surface area (Å²) in [6.07, 6.45) is 2.54. The summed E-state index contributed by atoms with van der Waals surface area (Å²) in [5.41, 5.74) is 1.10. The Balaban J connectivity index is 1.68. The van der Waals surface area contributed by atoms with Crippen molar-refractivity contribution in [3.63, 3.8) is 0 Å². The highest BCUT2D eigenvalue weighted by atomic mass is 32.1. The summed E-state index contributed by atoms with van der Waals surface area (Å²) in [5.74, 6) is 0.578. The van der Waals surface area contributed by atoms with Gasteiger partial charge < -0.3 is 10.1 Å². The van der Waals surface area contributed by atoms with E-state index in [0.717, 1.165) is 10.4 Å². The van der Waals surface area contributed by atoms with Crippen LogP contribution in [-0.4, -0.2) is 43.6 Å². The van der Waals surface area contributed by atoms with E-state index < -0.39 is 0 Å². The number of methoxy groups -OCH3 is 1. The fourth-order valence-corrected chi connectivity index (χ4v) is 3.78.